The third-order valence-corrected chi connectivity index (χ3v) is 5.24. The molecule has 0 unspecified atom stereocenters. The minimum absolute atomic E-state index is 0.0304. The van der Waals surface area contributed by atoms with Gasteiger partial charge in [-0.25, -0.2) is 13.2 Å². The number of para-hydroxylation sites is 1. The molecule has 1 N–H and O–H groups in total. The van der Waals surface area contributed by atoms with Crippen molar-refractivity contribution in [2.24, 2.45) is 0 Å². The van der Waals surface area contributed by atoms with Crippen LogP contribution >= 0.6 is 0 Å². The van der Waals surface area contributed by atoms with Crippen LogP contribution in [-0.2, 0) is 16.6 Å². The average Bonchev–Trinajstić information content (AvgIpc) is 2.52. The highest BCUT2D eigenvalue weighted by Crippen LogP contribution is 2.26. The van der Waals surface area contributed by atoms with E-state index < -0.39 is 16.0 Å². The molecule has 0 aliphatic carbocycles. The minimum atomic E-state index is -3.61. The first-order chi connectivity index (χ1) is 10.8. The van der Waals surface area contributed by atoms with Crippen molar-refractivity contribution >= 4 is 21.7 Å². The van der Waals surface area contributed by atoms with Crippen LogP contribution in [0.25, 0.3) is 0 Å². The van der Waals surface area contributed by atoms with Gasteiger partial charge in [-0.05, 0) is 31.5 Å². The van der Waals surface area contributed by atoms with Crippen LogP contribution in [-0.4, -0.2) is 25.2 Å². The number of anilines is 1. The van der Waals surface area contributed by atoms with E-state index in [1.807, 2.05) is 31.2 Å². The van der Waals surface area contributed by atoms with Gasteiger partial charge in [0.25, 0.3) is 0 Å². The molecule has 122 valence electrons. The molecular weight excluding hydrogens is 314 g/mol. The summed E-state index contributed by atoms with van der Waals surface area (Å²) < 4.78 is 26.2. The van der Waals surface area contributed by atoms with E-state index >= 15 is 0 Å². The summed E-state index contributed by atoms with van der Waals surface area (Å²) >= 11 is 0. The summed E-state index contributed by atoms with van der Waals surface area (Å²) in [5.41, 5.74) is 1.98. The second-order valence-electron chi connectivity index (χ2n) is 5.22. The fraction of sp³-hybridized carbons (Fsp3) is 0.235. The van der Waals surface area contributed by atoms with Crippen molar-refractivity contribution in [3.05, 3.63) is 65.2 Å². The molecule has 0 heterocycles. The number of benzene rings is 2. The van der Waals surface area contributed by atoms with E-state index in [2.05, 4.69) is 0 Å². The predicted molar refractivity (Wildman–Crippen MR) is 90.2 cm³/mol. The maximum absolute atomic E-state index is 12.5. The maximum Gasteiger partial charge on any atom is 0.337 e. The largest absolute Gasteiger partial charge is 0.478 e. The molecule has 0 radical (unpaired) electrons. The zero-order valence-corrected chi connectivity index (χ0v) is 13.9. The van der Waals surface area contributed by atoms with E-state index in [0.717, 1.165) is 11.1 Å². The number of carboxylic acids is 1. The van der Waals surface area contributed by atoms with Gasteiger partial charge in [-0.15, -0.1) is 0 Å². The molecule has 6 heteroatoms. The normalized spacial score (nSPS) is 11.2. The smallest absolute Gasteiger partial charge is 0.337 e. The number of aromatic carboxylic acids is 1. The lowest BCUT2D eigenvalue weighted by Crippen LogP contribution is -2.33. The number of rotatable bonds is 6. The van der Waals surface area contributed by atoms with Crippen molar-refractivity contribution in [2.75, 3.05) is 10.1 Å². The molecule has 0 aromatic heterocycles. The molecule has 0 atom stereocenters. The van der Waals surface area contributed by atoms with Gasteiger partial charge in [0.1, 0.15) is 0 Å². The van der Waals surface area contributed by atoms with Crippen molar-refractivity contribution < 1.29 is 18.3 Å². The molecular formula is C17H19NO4S. The highest BCUT2D eigenvalue weighted by molar-refractivity contribution is 7.92. The highest BCUT2D eigenvalue weighted by Gasteiger charge is 2.25. The molecule has 0 saturated heterocycles. The summed E-state index contributed by atoms with van der Waals surface area (Å²) in [5.74, 6) is -1.26. The number of aryl methyl sites for hydroxylation is 1. The first-order valence-corrected chi connectivity index (χ1v) is 8.84. The summed E-state index contributed by atoms with van der Waals surface area (Å²) in [6.07, 6.45) is 0. The van der Waals surface area contributed by atoms with Crippen molar-refractivity contribution in [3.63, 3.8) is 0 Å². The highest BCUT2D eigenvalue weighted by atomic mass is 32.2. The number of nitrogens with zero attached hydrogens (tertiary/aromatic N) is 1. The molecule has 2 aromatic carbocycles. The Morgan fingerprint density at radius 1 is 1.13 bits per heavy atom. The number of carbonyl (C=O) groups is 1. The monoisotopic (exact) mass is 333 g/mol. The summed E-state index contributed by atoms with van der Waals surface area (Å²) in [6, 6.07) is 13.6. The first kappa shape index (κ1) is 17.0. The first-order valence-electron chi connectivity index (χ1n) is 7.23. The van der Waals surface area contributed by atoms with Crippen LogP contribution in [0, 0.1) is 6.92 Å². The van der Waals surface area contributed by atoms with E-state index in [9.17, 15) is 18.3 Å². The zero-order valence-electron chi connectivity index (χ0n) is 13.1. The summed E-state index contributed by atoms with van der Waals surface area (Å²) in [4.78, 5) is 11.4. The lowest BCUT2D eigenvalue weighted by Gasteiger charge is -2.25. The lowest BCUT2D eigenvalue weighted by molar-refractivity contribution is 0.0697. The molecule has 23 heavy (non-hydrogen) atoms. The standard InChI is InChI=1S/C17H19NO4S/c1-3-23(21,22)18(12-14-8-6-7-13(2)11-14)16-10-5-4-9-15(16)17(19)20/h4-11H,3,12H2,1-2H3,(H,19,20). The second-order valence-corrected chi connectivity index (χ2v) is 7.40. The molecule has 0 amide bonds. The van der Waals surface area contributed by atoms with Crippen LogP contribution in [0.5, 0.6) is 0 Å². The fourth-order valence-electron chi connectivity index (χ4n) is 2.34. The molecule has 2 aromatic rings. The number of sulfonamides is 1. The summed E-state index contributed by atoms with van der Waals surface area (Å²) in [5, 5.41) is 9.34. The van der Waals surface area contributed by atoms with Gasteiger partial charge in [0.05, 0.1) is 23.5 Å². The van der Waals surface area contributed by atoms with Gasteiger partial charge < -0.3 is 5.11 Å². The Bertz CT molecular complexity index is 815. The van der Waals surface area contributed by atoms with Crippen molar-refractivity contribution in [1.82, 2.24) is 0 Å². The third-order valence-electron chi connectivity index (χ3n) is 3.51. The quantitative estimate of drug-likeness (QED) is 0.881. The Labute approximate surface area is 136 Å². The Morgan fingerprint density at radius 3 is 2.43 bits per heavy atom. The van der Waals surface area contributed by atoms with Crippen LogP contribution in [0.2, 0.25) is 0 Å². The van der Waals surface area contributed by atoms with Gasteiger partial charge >= 0.3 is 5.97 Å². The molecule has 5 nitrogen and oxygen atoms in total. The Kier molecular flexibility index (Phi) is 5.05. The van der Waals surface area contributed by atoms with E-state index in [-0.39, 0.29) is 23.5 Å². The van der Waals surface area contributed by atoms with Gasteiger partial charge in [-0.3, -0.25) is 4.31 Å². The molecule has 0 bridgehead atoms. The van der Waals surface area contributed by atoms with Gasteiger partial charge in [-0.1, -0.05) is 42.0 Å². The predicted octanol–water partition coefficient (Wildman–Crippen LogP) is 3.05. The summed E-state index contributed by atoms with van der Waals surface area (Å²) in [7, 11) is -3.61. The maximum atomic E-state index is 12.5. The SMILES string of the molecule is CCS(=O)(=O)N(Cc1cccc(C)c1)c1ccccc1C(=O)O. The molecule has 0 spiro atoms. The Hall–Kier alpha value is -2.34. The van der Waals surface area contributed by atoms with Crippen LogP contribution in [0.15, 0.2) is 48.5 Å². The second kappa shape index (κ2) is 6.83. The number of hydrogen-bond acceptors (Lipinski definition) is 3. The van der Waals surface area contributed by atoms with Crippen molar-refractivity contribution in [2.45, 2.75) is 20.4 Å². The van der Waals surface area contributed by atoms with Crippen LogP contribution in [0.1, 0.15) is 28.4 Å². The number of hydrogen-bond donors (Lipinski definition) is 1. The summed E-state index contributed by atoms with van der Waals surface area (Å²) in [6.45, 7) is 3.57. The van der Waals surface area contributed by atoms with Crippen molar-refractivity contribution in [1.29, 1.82) is 0 Å². The zero-order chi connectivity index (χ0) is 17.0. The van der Waals surface area contributed by atoms with E-state index in [1.165, 1.54) is 16.4 Å². The lowest BCUT2D eigenvalue weighted by atomic mass is 10.1. The Morgan fingerprint density at radius 2 is 1.83 bits per heavy atom. The van der Waals surface area contributed by atoms with E-state index in [0.29, 0.717) is 0 Å². The van der Waals surface area contributed by atoms with Crippen LogP contribution in [0.3, 0.4) is 0 Å². The van der Waals surface area contributed by atoms with Gasteiger partial charge in [0.2, 0.25) is 10.0 Å². The van der Waals surface area contributed by atoms with Gasteiger partial charge in [0, 0.05) is 0 Å². The molecule has 2 rings (SSSR count). The van der Waals surface area contributed by atoms with E-state index in [1.54, 1.807) is 19.1 Å². The van der Waals surface area contributed by atoms with Gasteiger partial charge in [0.15, 0.2) is 0 Å². The van der Waals surface area contributed by atoms with Crippen molar-refractivity contribution in [3.8, 4) is 0 Å². The molecule has 0 fully saturated rings. The number of carboxylic acid groups (broad SMARTS) is 1. The average molecular weight is 333 g/mol. The molecule has 0 aliphatic heterocycles. The minimum Gasteiger partial charge on any atom is -0.478 e. The van der Waals surface area contributed by atoms with Crippen LogP contribution in [0.4, 0.5) is 5.69 Å². The van der Waals surface area contributed by atoms with E-state index in [4.69, 9.17) is 0 Å². The van der Waals surface area contributed by atoms with Gasteiger partial charge in [-0.2, -0.15) is 0 Å². The van der Waals surface area contributed by atoms with Crippen LogP contribution < -0.4 is 4.31 Å². The Balaban J connectivity index is 2.54. The molecule has 0 saturated carbocycles. The fourth-order valence-corrected chi connectivity index (χ4v) is 3.45. The molecule has 0 aliphatic rings. The topological polar surface area (TPSA) is 74.7 Å². The third kappa shape index (κ3) is 3.90.